The van der Waals surface area contributed by atoms with Gasteiger partial charge in [-0.15, -0.1) is 0 Å². The summed E-state index contributed by atoms with van der Waals surface area (Å²) in [5.41, 5.74) is 0. The first-order valence-corrected chi connectivity index (χ1v) is 6.39. The van der Waals surface area contributed by atoms with Gasteiger partial charge in [0.1, 0.15) is 0 Å². The lowest BCUT2D eigenvalue weighted by atomic mass is 10.7. The molecule has 0 aromatic carbocycles. The molecule has 0 rings (SSSR count). The molecule has 1 atom stereocenters. The van der Waals surface area contributed by atoms with Crippen molar-refractivity contribution in [3.63, 3.8) is 0 Å². The van der Waals surface area contributed by atoms with Crippen molar-refractivity contribution in [1.29, 1.82) is 0 Å². The Balaban J connectivity index is 4.36. The second-order valence-corrected chi connectivity index (χ2v) is 5.24. The molecule has 3 nitrogen and oxygen atoms in total. The molecule has 0 N–H and O–H groups in total. The summed E-state index contributed by atoms with van der Waals surface area (Å²) >= 11 is 0. The molecule has 0 radical (unpaired) electrons. The topological polar surface area (TPSA) is 29.5 Å². The predicted octanol–water partition coefficient (Wildman–Crippen LogP) is 2.58. The Morgan fingerprint density at radius 1 is 1.17 bits per heavy atom. The first-order chi connectivity index (χ1) is 5.64. The van der Waals surface area contributed by atoms with Gasteiger partial charge in [-0.2, -0.15) is 0 Å². The number of rotatable bonds is 6. The van der Waals surface area contributed by atoms with Crippen molar-refractivity contribution in [1.82, 2.24) is 4.67 Å². The maximum Gasteiger partial charge on any atom is 0.272 e. The van der Waals surface area contributed by atoms with Crippen molar-refractivity contribution in [2.24, 2.45) is 0 Å². The lowest BCUT2D eigenvalue weighted by molar-refractivity contribution is 0.279. The molecule has 0 aromatic heterocycles. The third kappa shape index (κ3) is 2.89. The number of hydrogen-bond donors (Lipinski definition) is 0. The van der Waals surface area contributed by atoms with Crippen LogP contribution in [0, 0.1) is 0 Å². The summed E-state index contributed by atoms with van der Waals surface area (Å²) in [6, 6.07) is 0. The Morgan fingerprint density at radius 2 is 1.67 bits per heavy atom. The van der Waals surface area contributed by atoms with Crippen LogP contribution in [0.3, 0.4) is 0 Å². The Morgan fingerprint density at radius 3 is 1.92 bits per heavy atom. The van der Waals surface area contributed by atoms with Crippen LogP contribution < -0.4 is 0 Å². The summed E-state index contributed by atoms with van der Waals surface area (Å²) in [5.74, 6) is 0. The quantitative estimate of drug-likeness (QED) is 0.607. The normalized spacial score (nSPS) is 16.4. The average Bonchev–Trinajstić information content (AvgIpc) is 2.07. The van der Waals surface area contributed by atoms with E-state index in [9.17, 15) is 4.57 Å². The number of nitrogens with zero attached hydrogens (tertiary/aromatic N) is 1. The van der Waals surface area contributed by atoms with Crippen molar-refractivity contribution < 1.29 is 9.09 Å². The summed E-state index contributed by atoms with van der Waals surface area (Å²) in [6.45, 7) is 9.92. The first kappa shape index (κ1) is 12.2. The molecule has 0 unspecified atom stereocenters. The summed E-state index contributed by atoms with van der Waals surface area (Å²) in [5, 5.41) is 0. The molecule has 0 aliphatic rings. The summed E-state index contributed by atoms with van der Waals surface area (Å²) in [4.78, 5) is 0. The van der Waals surface area contributed by atoms with Gasteiger partial charge >= 0.3 is 0 Å². The highest BCUT2D eigenvalue weighted by atomic mass is 31.2. The van der Waals surface area contributed by atoms with Crippen molar-refractivity contribution in [3.05, 3.63) is 0 Å². The molecule has 0 aliphatic heterocycles. The van der Waals surface area contributed by atoms with Crippen molar-refractivity contribution >= 4 is 7.52 Å². The van der Waals surface area contributed by atoms with Crippen molar-refractivity contribution in [3.8, 4) is 0 Å². The standard InChI is InChI=1S/C8H20NO2P/c1-5-9(6-2)12(10,8-4)11-7-3/h5-8H2,1-4H3/t12-/m0/s1. The molecule has 74 valence electrons. The van der Waals surface area contributed by atoms with Crippen LogP contribution in [0.5, 0.6) is 0 Å². The predicted molar refractivity (Wildman–Crippen MR) is 52.7 cm³/mol. The summed E-state index contributed by atoms with van der Waals surface area (Å²) < 4.78 is 19.3. The van der Waals surface area contributed by atoms with Gasteiger partial charge in [0.15, 0.2) is 0 Å². The second kappa shape index (κ2) is 5.74. The molecule has 0 amide bonds. The van der Waals surface area contributed by atoms with Gasteiger partial charge in [-0.25, -0.2) is 4.67 Å². The lowest BCUT2D eigenvalue weighted by Crippen LogP contribution is -2.22. The van der Waals surface area contributed by atoms with E-state index in [1.165, 1.54) is 0 Å². The second-order valence-electron chi connectivity index (χ2n) is 2.51. The van der Waals surface area contributed by atoms with Crippen LogP contribution in [0.4, 0.5) is 0 Å². The molecule has 0 heterocycles. The molecule has 0 fully saturated rings. The summed E-state index contributed by atoms with van der Waals surface area (Å²) in [7, 11) is -2.48. The largest absolute Gasteiger partial charge is 0.318 e. The minimum absolute atomic E-state index is 0.529. The maximum atomic E-state index is 12.0. The molecular weight excluding hydrogens is 173 g/mol. The van der Waals surface area contributed by atoms with Crippen LogP contribution in [0.2, 0.25) is 0 Å². The van der Waals surface area contributed by atoms with Gasteiger partial charge in [0.05, 0.1) is 6.61 Å². The fourth-order valence-corrected chi connectivity index (χ4v) is 3.24. The van der Waals surface area contributed by atoms with Gasteiger partial charge in [-0.1, -0.05) is 20.8 Å². The molecular formula is C8H20NO2P. The van der Waals surface area contributed by atoms with E-state index in [-0.39, 0.29) is 0 Å². The van der Waals surface area contributed by atoms with Crippen LogP contribution >= 0.6 is 7.52 Å². The Kier molecular flexibility index (Phi) is 5.81. The Hall–Kier alpha value is 0.150. The fraction of sp³-hybridized carbons (Fsp3) is 1.00. The van der Waals surface area contributed by atoms with Gasteiger partial charge in [-0.3, -0.25) is 4.57 Å². The van der Waals surface area contributed by atoms with E-state index < -0.39 is 7.52 Å². The van der Waals surface area contributed by atoms with Crippen molar-refractivity contribution in [2.45, 2.75) is 27.7 Å². The van der Waals surface area contributed by atoms with E-state index in [4.69, 9.17) is 4.52 Å². The van der Waals surface area contributed by atoms with Crippen LogP contribution in [0.1, 0.15) is 27.7 Å². The zero-order valence-electron chi connectivity index (χ0n) is 8.54. The molecule has 12 heavy (non-hydrogen) atoms. The SMILES string of the molecule is CCO[P@@](=O)(CC)N(CC)CC. The van der Waals surface area contributed by atoms with Crippen LogP contribution in [0.25, 0.3) is 0 Å². The van der Waals surface area contributed by atoms with E-state index in [1.807, 2.05) is 32.4 Å². The van der Waals surface area contributed by atoms with Crippen LogP contribution in [0.15, 0.2) is 0 Å². The zero-order chi connectivity index (χ0) is 9.61. The molecule has 0 bridgehead atoms. The smallest absolute Gasteiger partial charge is 0.272 e. The highest BCUT2D eigenvalue weighted by Gasteiger charge is 2.26. The fourth-order valence-electron chi connectivity index (χ4n) is 1.23. The van der Waals surface area contributed by atoms with E-state index in [0.717, 1.165) is 13.1 Å². The van der Waals surface area contributed by atoms with Gasteiger partial charge in [-0.05, 0) is 6.92 Å². The van der Waals surface area contributed by atoms with Crippen LogP contribution in [-0.2, 0) is 9.09 Å². The minimum atomic E-state index is -2.48. The van der Waals surface area contributed by atoms with Crippen molar-refractivity contribution in [2.75, 3.05) is 25.9 Å². The summed E-state index contributed by atoms with van der Waals surface area (Å²) in [6.07, 6.45) is 0.600. The van der Waals surface area contributed by atoms with E-state index in [0.29, 0.717) is 12.8 Å². The van der Waals surface area contributed by atoms with E-state index >= 15 is 0 Å². The molecule has 0 spiro atoms. The van der Waals surface area contributed by atoms with E-state index in [2.05, 4.69) is 0 Å². The minimum Gasteiger partial charge on any atom is -0.318 e. The third-order valence-corrected chi connectivity index (χ3v) is 4.78. The van der Waals surface area contributed by atoms with Gasteiger partial charge in [0, 0.05) is 19.3 Å². The monoisotopic (exact) mass is 193 g/mol. The first-order valence-electron chi connectivity index (χ1n) is 4.63. The lowest BCUT2D eigenvalue weighted by Gasteiger charge is -2.27. The highest BCUT2D eigenvalue weighted by Crippen LogP contribution is 2.49. The average molecular weight is 193 g/mol. The molecule has 0 saturated carbocycles. The molecule has 0 aliphatic carbocycles. The maximum absolute atomic E-state index is 12.0. The Bertz CT molecular complexity index is 157. The Labute approximate surface area is 75.6 Å². The van der Waals surface area contributed by atoms with Gasteiger partial charge in [0.2, 0.25) is 0 Å². The third-order valence-electron chi connectivity index (χ3n) is 1.89. The molecule has 0 aromatic rings. The zero-order valence-corrected chi connectivity index (χ0v) is 9.43. The van der Waals surface area contributed by atoms with Crippen LogP contribution in [-0.4, -0.2) is 30.5 Å². The molecule has 0 saturated heterocycles. The highest BCUT2D eigenvalue weighted by molar-refractivity contribution is 7.56. The van der Waals surface area contributed by atoms with E-state index in [1.54, 1.807) is 0 Å². The number of hydrogen-bond acceptors (Lipinski definition) is 2. The van der Waals surface area contributed by atoms with Gasteiger partial charge in [0.25, 0.3) is 7.52 Å². The molecule has 4 heteroatoms. The van der Waals surface area contributed by atoms with Gasteiger partial charge < -0.3 is 4.52 Å².